The Kier molecular flexibility index (Phi) is 7.11. The van der Waals surface area contributed by atoms with Crippen LogP contribution in [-0.2, 0) is 9.63 Å². The van der Waals surface area contributed by atoms with Crippen LogP contribution in [0, 0.1) is 0 Å². The lowest BCUT2D eigenvalue weighted by molar-refractivity contribution is -0.151. The van der Waals surface area contributed by atoms with Crippen LogP contribution in [-0.4, -0.2) is 41.7 Å². The van der Waals surface area contributed by atoms with Crippen molar-refractivity contribution in [2.45, 2.75) is 44.6 Å². The van der Waals surface area contributed by atoms with Gasteiger partial charge in [-0.1, -0.05) is 24.9 Å². The van der Waals surface area contributed by atoms with E-state index in [9.17, 15) is 4.79 Å². The third kappa shape index (κ3) is 5.45. The van der Waals surface area contributed by atoms with Crippen molar-refractivity contribution in [2.75, 3.05) is 19.7 Å². The molecular weight excluding hydrogens is 222 g/mol. The van der Waals surface area contributed by atoms with Gasteiger partial charge in [-0.05, 0) is 12.8 Å². The second-order valence-corrected chi connectivity index (χ2v) is 4.39. The third-order valence-corrected chi connectivity index (χ3v) is 3.25. The van der Waals surface area contributed by atoms with Crippen molar-refractivity contribution in [1.29, 1.82) is 0 Å². The topological polar surface area (TPSA) is 87.8 Å². The molecule has 6 nitrogen and oxygen atoms in total. The first kappa shape index (κ1) is 14.4. The Labute approximate surface area is 102 Å². The summed E-state index contributed by atoms with van der Waals surface area (Å²) in [6.45, 7) is 1.36. The van der Waals surface area contributed by atoms with Crippen LogP contribution >= 0.6 is 0 Å². The van der Waals surface area contributed by atoms with E-state index in [4.69, 9.17) is 10.9 Å². The molecule has 4 N–H and O–H groups in total. The maximum Gasteiger partial charge on any atom is 0.327 e. The van der Waals surface area contributed by atoms with Crippen LogP contribution in [0.25, 0.3) is 0 Å². The Morgan fingerprint density at radius 1 is 1.35 bits per heavy atom. The maximum absolute atomic E-state index is 11.2. The predicted molar refractivity (Wildman–Crippen MR) is 63.6 cm³/mol. The molecule has 0 radical (unpaired) electrons. The van der Waals surface area contributed by atoms with Crippen LogP contribution in [0.1, 0.15) is 38.5 Å². The minimum atomic E-state index is -0.369. The lowest BCUT2D eigenvalue weighted by Crippen LogP contribution is -2.40. The predicted octanol–water partition coefficient (Wildman–Crippen LogP) is -0.0750. The summed E-state index contributed by atoms with van der Waals surface area (Å²) in [5.74, 6) is 4.52. The minimum absolute atomic E-state index is 0.126. The van der Waals surface area contributed by atoms with Gasteiger partial charge in [0.25, 0.3) is 0 Å². The zero-order valence-corrected chi connectivity index (χ0v) is 10.2. The Morgan fingerprint density at radius 2 is 2.06 bits per heavy atom. The van der Waals surface area contributed by atoms with Gasteiger partial charge in [0.2, 0.25) is 0 Å². The number of nitrogens with two attached hydrogens (primary N) is 1. The molecule has 0 aromatic rings. The Bertz CT molecular complexity index is 220. The van der Waals surface area contributed by atoms with Gasteiger partial charge >= 0.3 is 5.97 Å². The average Bonchev–Trinajstić information content (AvgIpc) is 2.36. The molecular formula is C11H23N3O3. The van der Waals surface area contributed by atoms with Crippen LogP contribution in [0.15, 0.2) is 0 Å². The smallest absolute Gasteiger partial charge is 0.327 e. The van der Waals surface area contributed by atoms with Crippen molar-refractivity contribution >= 4 is 5.97 Å². The molecule has 0 aromatic carbocycles. The van der Waals surface area contributed by atoms with E-state index in [0.29, 0.717) is 25.6 Å². The summed E-state index contributed by atoms with van der Waals surface area (Å²) >= 11 is 0. The number of hydrogen-bond donors (Lipinski definition) is 3. The standard InChI is InChI=1S/C11H23N3O3/c12-13-17-11(16)6-7-14(8-9-15)10-4-2-1-3-5-10/h10,13,15H,1-9,12H2. The van der Waals surface area contributed by atoms with E-state index in [0.717, 1.165) is 12.8 Å². The van der Waals surface area contributed by atoms with Gasteiger partial charge in [0, 0.05) is 19.1 Å². The Morgan fingerprint density at radius 3 is 2.65 bits per heavy atom. The molecule has 1 rings (SSSR count). The Hall–Kier alpha value is -0.690. The number of hydrazine groups is 1. The summed E-state index contributed by atoms with van der Waals surface area (Å²) in [6.07, 6.45) is 6.38. The molecule has 100 valence electrons. The van der Waals surface area contributed by atoms with Crippen LogP contribution in [0.5, 0.6) is 0 Å². The maximum atomic E-state index is 11.2. The lowest BCUT2D eigenvalue weighted by atomic mass is 9.94. The number of rotatable bonds is 7. The second-order valence-electron chi connectivity index (χ2n) is 4.39. The summed E-state index contributed by atoms with van der Waals surface area (Å²) in [5, 5.41) is 9.05. The number of nitrogens with one attached hydrogen (secondary N) is 1. The van der Waals surface area contributed by atoms with Crippen LogP contribution in [0.4, 0.5) is 0 Å². The lowest BCUT2D eigenvalue weighted by Gasteiger charge is -2.33. The van der Waals surface area contributed by atoms with E-state index in [1.165, 1.54) is 19.3 Å². The van der Waals surface area contributed by atoms with Crippen molar-refractivity contribution in [3.63, 3.8) is 0 Å². The first-order valence-electron chi connectivity index (χ1n) is 6.28. The first-order chi connectivity index (χ1) is 8.27. The van der Waals surface area contributed by atoms with Gasteiger partial charge in [0.15, 0.2) is 0 Å². The number of carbonyl (C=O) groups is 1. The van der Waals surface area contributed by atoms with Crippen LogP contribution in [0.3, 0.4) is 0 Å². The van der Waals surface area contributed by atoms with Crippen molar-refractivity contribution < 1.29 is 14.7 Å². The van der Waals surface area contributed by atoms with Crippen molar-refractivity contribution in [2.24, 2.45) is 5.84 Å². The van der Waals surface area contributed by atoms with E-state index >= 15 is 0 Å². The molecule has 17 heavy (non-hydrogen) atoms. The summed E-state index contributed by atoms with van der Waals surface area (Å²) in [7, 11) is 0. The third-order valence-electron chi connectivity index (χ3n) is 3.25. The van der Waals surface area contributed by atoms with Crippen molar-refractivity contribution in [1.82, 2.24) is 10.5 Å². The number of aliphatic hydroxyl groups is 1. The SMILES string of the molecule is NNOC(=O)CCN(CCO)C1CCCCC1. The molecule has 1 aliphatic rings. The van der Waals surface area contributed by atoms with Gasteiger partial charge in [-0.3, -0.25) is 9.69 Å². The number of aliphatic hydroxyl groups excluding tert-OH is 1. The summed E-state index contributed by atoms with van der Waals surface area (Å²) in [4.78, 5) is 17.8. The molecule has 0 spiro atoms. The van der Waals surface area contributed by atoms with Gasteiger partial charge < -0.3 is 9.94 Å². The van der Waals surface area contributed by atoms with E-state index < -0.39 is 0 Å². The minimum Gasteiger partial charge on any atom is -0.395 e. The first-order valence-corrected chi connectivity index (χ1v) is 6.28. The van der Waals surface area contributed by atoms with E-state index in [1.807, 2.05) is 5.59 Å². The van der Waals surface area contributed by atoms with Gasteiger partial charge in [-0.2, -0.15) is 0 Å². The van der Waals surface area contributed by atoms with E-state index in [2.05, 4.69) is 9.74 Å². The largest absolute Gasteiger partial charge is 0.395 e. The molecule has 1 fully saturated rings. The molecule has 0 amide bonds. The molecule has 1 aliphatic carbocycles. The fraction of sp³-hybridized carbons (Fsp3) is 0.909. The molecule has 6 heteroatoms. The van der Waals surface area contributed by atoms with Crippen LogP contribution < -0.4 is 11.4 Å². The molecule has 0 aliphatic heterocycles. The van der Waals surface area contributed by atoms with Gasteiger partial charge in [-0.15, -0.1) is 0 Å². The van der Waals surface area contributed by atoms with Gasteiger partial charge in [-0.25, -0.2) is 5.84 Å². The van der Waals surface area contributed by atoms with Gasteiger partial charge in [0.05, 0.1) is 13.0 Å². The highest BCUT2D eigenvalue weighted by molar-refractivity contribution is 5.69. The molecule has 0 aromatic heterocycles. The molecule has 0 unspecified atom stereocenters. The second kappa shape index (κ2) is 8.41. The number of carbonyl (C=O) groups excluding carboxylic acids is 1. The monoisotopic (exact) mass is 245 g/mol. The summed E-state index contributed by atoms with van der Waals surface area (Å²) in [5.41, 5.74) is 1.89. The Balaban J connectivity index is 2.33. The highest BCUT2D eigenvalue weighted by Gasteiger charge is 2.21. The molecule has 1 saturated carbocycles. The van der Waals surface area contributed by atoms with Crippen molar-refractivity contribution in [3.8, 4) is 0 Å². The van der Waals surface area contributed by atoms with Crippen molar-refractivity contribution in [3.05, 3.63) is 0 Å². The number of hydrogen-bond acceptors (Lipinski definition) is 6. The molecule has 0 bridgehead atoms. The van der Waals surface area contributed by atoms with Gasteiger partial charge in [0.1, 0.15) is 0 Å². The zero-order valence-electron chi connectivity index (χ0n) is 10.2. The number of nitrogens with zero attached hydrogens (tertiary/aromatic N) is 1. The zero-order chi connectivity index (χ0) is 12.5. The highest BCUT2D eigenvalue weighted by atomic mass is 16.7. The normalized spacial score (nSPS) is 17.4. The molecule has 0 saturated heterocycles. The summed E-state index contributed by atoms with van der Waals surface area (Å²) < 4.78 is 0. The highest BCUT2D eigenvalue weighted by Crippen LogP contribution is 2.22. The summed E-state index contributed by atoms with van der Waals surface area (Å²) in [6, 6.07) is 0.495. The quantitative estimate of drug-likeness (QED) is 0.430. The van der Waals surface area contributed by atoms with E-state index in [1.54, 1.807) is 0 Å². The molecule has 0 heterocycles. The molecule has 0 atom stereocenters. The average molecular weight is 245 g/mol. The van der Waals surface area contributed by atoms with E-state index in [-0.39, 0.29) is 12.6 Å². The fourth-order valence-corrected chi connectivity index (χ4v) is 2.40. The fourth-order valence-electron chi connectivity index (χ4n) is 2.40. The van der Waals surface area contributed by atoms with Crippen LogP contribution in [0.2, 0.25) is 0 Å².